The van der Waals surface area contributed by atoms with E-state index in [1.807, 2.05) is 19.9 Å². The Labute approximate surface area is 239 Å². The zero-order valence-corrected chi connectivity index (χ0v) is 24.5. The number of hydrogen-bond acceptors (Lipinski definition) is 7. The minimum absolute atomic E-state index is 0.107. The number of carbonyl (C=O) groups is 3. The Balaban J connectivity index is 1.58. The van der Waals surface area contributed by atoms with Crippen molar-refractivity contribution in [1.82, 2.24) is 14.8 Å². The molecule has 11 heteroatoms. The molecular weight excluding hydrogens is 531 g/mol. The molecule has 0 saturated carbocycles. The molecule has 3 heterocycles. The maximum absolute atomic E-state index is 13.8. The van der Waals surface area contributed by atoms with Gasteiger partial charge >= 0.3 is 12.1 Å². The molecule has 0 unspecified atom stereocenters. The number of hydrogen-bond donors (Lipinski definition) is 2. The molecule has 0 radical (unpaired) electrons. The summed E-state index contributed by atoms with van der Waals surface area (Å²) in [6.45, 7) is 11.0. The Bertz CT molecular complexity index is 1320. The predicted octanol–water partition coefficient (Wildman–Crippen LogP) is 3.32. The van der Waals surface area contributed by atoms with Crippen LogP contribution < -0.4 is 4.90 Å². The summed E-state index contributed by atoms with van der Waals surface area (Å²) in [5.41, 5.74) is 2.11. The van der Waals surface area contributed by atoms with Gasteiger partial charge in [0, 0.05) is 24.5 Å². The van der Waals surface area contributed by atoms with Gasteiger partial charge in [-0.1, -0.05) is 26.0 Å². The molecule has 0 aliphatic carbocycles. The topological polar surface area (TPSA) is 124 Å². The highest BCUT2D eigenvalue weighted by molar-refractivity contribution is 5.97. The van der Waals surface area contributed by atoms with Crippen LogP contribution in [0.1, 0.15) is 64.1 Å². The lowest BCUT2D eigenvalue weighted by Gasteiger charge is -2.43. The number of carbonyl (C=O) groups excluding carboxylic acids is 2. The Kier molecular flexibility index (Phi) is 8.42. The summed E-state index contributed by atoms with van der Waals surface area (Å²) in [6, 6.07) is 6.48. The highest BCUT2D eigenvalue weighted by atomic mass is 19.1. The van der Waals surface area contributed by atoms with Gasteiger partial charge in [-0.05, 0) is 63.4 Å². The molecule has 2 aliphatic heterocycles. The van der Waals surface area contributed by atoms with E-state index >= 15 is 0 Å². The lowest BCUT2D eigenvalue weighted by atomic mass is 9.90. The van der Waals surface area contributed by atoms with Crippen molar-refractivity contribution in [2.75, 3.05) is 31.1 Å². The second-order valence-corrected chi connectivity index (χ2v) is 12.6. The number of anilines is 1. The summed E-state index contributed by atoms with van der Waals surface area (Å²) < 4.78 is 18.9. The highest BCUT2D eigenvalue weighted by Gasteiger charge is 2.44. The average Bonchev–Trinajstić information content (AvgIpc) is 3.13. The number of aliphatic carboxylic acids is 1. The zero-order chi connectivity index (χ0) is 30.3. The van der Waals surface area contributed by atoms with Crippen LogP contribution in [0.4, 0.5) is 14.9 Å². The Morgan fingerprint density at radius 2 is 1.80 bits per heavy atom. The van der Waals surface area contributed by atoms with Gasteiger partial charge < -0.3 is 24.7 Å². The van der Waals surface area contributed by atoms with Crippen LogP contribution in [0.25, 0.3) is 0 Å². The summed E-state index contributed by atoms with van der Waals surface area (Å²) in [4.78, 5) is 48.1. The first-order chi connectivity index (χ1) is 19.1. The fraction of sp³-hybridized carbons (Fsp3) is 0.533. The van der Waals surface area contributed by atoms with Crippen molar-refractivity contribution in [3.8, 4) is 0 Å². The molecule has 2 aromatic rings. The Morgan fingerprint density at radius 1 is 1.15 bits per heavy atom. The van der Waals surface area contributed by atoms with E-state index in [-0.39, 0.29) is 44.0 Å². The van der Waals surface area contributed by atoms with Crippen LogP contribution in [0.5, 0.6) is 0 Å². The molecule has 2 atom stereocenters. The van der Waals surface area contributed by atoms with E-state index in [2.05, 4.69) is 0 Å². The smallest absolute Gasteiger partial charge is 0.410 e. The quantitative estimate of drug-likeness (QED) is 0.542. The molecule has 4 rings (SSSR count). The number of aliphatic hydroxyl groups is 1. The number of halogens is 1. The van der Waals surface area contributed by atoms with Crippen LogP contribution in [0.15, 0.2) is 30.3 Å². The number of rotatable bonds is 6. The van der Waals surface area contributed by atoms with Crippen LogP contribution in [0.2, 0.25) is 0 Å². The van der Waals surface area contributed by atoms with Gasteiger partial charge in [0.1, 0.15) is 17.5 Å². The van der Waals surface area contributed by atoms with E-state index in [4.69, 9.17) is 9.72 Å². The summed E-state index contributed by atoms with van der Waals surface area (Å²) in [5, 5.41) is 20.1. The van der Waals surface area contributed by atoms with Crippen molar-refractivity contribution in [3.05, 3.63) is 58.7 Å². The Hall–Kier alpha value is -3.57. The molecule has 2 N–H and O–H groups in total. The van der Waals surface area contributed by atoms with E-state index in [9.17, 15) is 29.0 Å². The number of ether oxygens (including phenoxy) is 1. The third kappa shape index (κ3) is 6.68. The standard InChI is InChI=1S/C30H39FN4O6/c1-18-13-33(24(27(38)39)14-34(18)28(40)41-29(2,3)4)15-25(37)35-17-30(5,6)26-23(35)12-20(22(16-36)32-26)11-19-7-9-21(31)10-8-19/h7-10,12,18,24,36H,11,13-17H2,1-6H3,(H,38,39)/t18-,24-/m1/s1. The number of pyridine rings is 1. The van der Waals surface area contributed by atoms with E-state index in [0.29, 0.717) is 30.0 Å². The monoisotopic (exact) mass is 570 g/mol. The second-order valence-electron chi connectivity index (χ2n) is 12.6. The normalized spacial score (nSPS) is 20.6. The van der Waals surface area contributed by atoms with E-state index in [1.54, 1.807) is 49.6 Å². The van der Waals surface area contributed by atoms with Crippen LogP contribution in [-0.2, 0) is 32.8 Å². The minimum Gasteiger partial charge on any atom is -0.480 e. The maximum Gasteiger partial charge on any atom is 0.410 e. The molecule has 1 fully saturated rings. The van der Waals surface area contributed by atoms with Crippen molar-refractivity contribution in [2.24, 2.45) is 0 Å². The highest BCUT2D eigenvalue weighted by Crippen LogP contribution is 2.41. The molecule has 10 nitrogen and oxygen atoms in total. The predicted molar refractivity (Wildman–Crippen MR) is 150 cm³/mol. The van der Waals surface area contributed by atoms with Gasteiger partial charge in [0.15, 0.2) is 0 Å². The zero-order valence-electron chi connectivity index (χ0n) is 24.5. The molecule has 2 amide bonds. The van der Waals surface area contributed by atoms with Crippen LogP contribution in [-0.4, -0.2) is 86.8 Å². The SMILES string of the molecule is C[C@@H]1CN(CC(=O)N2CC(C)(C)c3nc(CO)c(Cc4ccc(F)cc4)cc32)[C@@H](C(=O)O)CN1C(=O)OC(C)(C)C. The lowest BCUT2D eigenvalue weighted by Crippen LogP contribution is -2.63. The van der Waals surface area contributed by atoms with E-state index in [0.717, 1.165) is 11.1 Å². The number of carboxylic acid groups (broad SMARTS) is 1. The molecule has 0 spiro atoms. The third-order valence-electron chi connectivity index (χ3n) is 7.51. The van der Waals surface area contributed by atoms with Gasteiger partial charge in [-0.15, -0.1) is 0 Å². The summed E-state index contributed by atoms with van der Waals surface area (Å²) >= 11 is 0. The summed E-state index contributed by atoms with van der Waals surface area (Å²) in [7, 11) is 0. The van der Waals surface area contributed by atoms with Crippen molar-refractivity contribution < 1.29 is 33.7 Å². The van der Waals surface area contributed by atoms with Crippen molar-refractivity contribution in [2.45, 2.75) is 77.7 Å². The fourth-order valence-electron chi connectivity index (χ4n) is 5.46. The summed E-state index contributed by atoms with van der Waals surface area (Å²) in [6.07, 6.45) is -0.193. The molecule has 1 aromatic heterocycles. The second kappa shape index (κ2) is 11.4. The Morgan fingerprint density at radius 3 is 2.39 bits per heavy atom. The van der Waals surface area contributed by atoms with Gasteiger partial charge in [0.05, 0.1) is 36.8 Å². The lowest BCUT2D eigenvalue weighted by molar-refractivity contribution is -0.147. The summed E-state index contributed by atoms with van der Waals surface area (Å²) in [5.74, 6) is -1.76. The number of nitrogens with zero attached hydrogens (tertiary/aromatic N) is 4. The number of piperazine rings is 1. The number of fused-ring (bicyclic) bond motifs is 1. The molecular formula is C30H39FN4O6. The van der Waals surface area contributed by atoms with Crippen LogP contribution >= 0.6 is 0 Å². The maximum atomic E-state index is 13.8. The first kappa shape index (κ1) is 30.4. The first-order valence-electron chi connectivity index (χ1n) is 13.7. The average molecular weight is 571 g/mol. The van der Waals surface area contributed by atoms with Gasteiger partial charge in [-0.25, -0.2) is 9.18 Å². The third-order valence-corrected chi connectivity index (χ3v) is 7.51. The molecule has 0 bridgehead atoms. The first-order valence-corrected chi connectivity index (χ1v) is 13.7. The molecule has 222 valence electrons. The van der Waals surface area contributed by atoms with Gasteiger partial charge in [0.2, 0.25) is 5.91 Å². The number of aromatic nitrogens is 1. The van der Waals surface area contributed by atoms with Crippen molar-refractivity contribution in [3.63, 3.8) is 0 Å². The van der Waals surface area contributed by atoms with Crippen molar-refractivity contribution in [1.29, 1.82) is 0 Å². The van der Waals surface area contributed by atoms with E-state index in [1.165, 1.54) is 17.0 Å². The number of benzene rings is 1. The number of amides is 2. The van der Waals surface area contributed by atoms with Crippen LogP contribution in [0.3, 0.4) is 0 Å². The van der Waals surface area contributed by atoms with Gasteiger partial charge in [0.25, 0.3) is 0 Å². The molecule has 1 saturated heterocycles. The van der Waals surface area contributed by atoms with Gasteiger partial charge in [-0.2, -0.15) is 0 Å². The fourth-order valence-corrected chi connectivity index (χ4v) is 5.46. The molecule has 1 aromatic carbocycles. The van der Waals surface area contributed by atoms with Crippen LogP contribution in [0, 0.1) is 5.82 Å². The van der Waals surface area contributed by atoms with Gasteiger partial charge in [-0.3, -0.25) is 19.5 Å². The van der Waals surface area contributed by atoms with E-state index < -0.39 is 29.1 Å². The van der Waals surface area contributed by atoms with Crippen molar-refractivity contribution >= 4 is 23.7 Å². The number of carboxylic acids is 1. The number of aliphatic hydroxyl groups excluding tert-OH is 1. The molecule has 41 heavy (non-hydrogen) atoms. The minimum atomic E-state index is -1.13. The largest absolute Gasteiger partial charge is 0.480 e. The molecule has 2 aliphatic rings.